The fourth-order valence-electron chi connectivity index (χ4n) is 2.68. The van der Waals surface area contributed by atoms with Crippen molar-refractivity contribution in [3.63, 3.8) is 0 Å². The standard InChI is InChI=1S/C20H20N4O6/c1-2-3-10-24-19(27)14-8-5-4-7-13(14)17(23-24)20(28)30-12-16(25)21-22-18(26)15-9-6-11-29-15/h4-9,11H,2-3,10,12H2,1H3,(H,21,25)(H,22,26). The van der Waals surface area contributed by atoms with E-state index in [1.54, 1.807) is 24.3 Å². The van der Waals surface area contributed by atoms with Crippen LogP contribution in [0.5, 0.6) is 0 Å². The number of hydrogen-bond acceptors (Lipinski definition) is 7. The quantitative estimate of drug-likeness (QED) is 0.443. The number of esters is 1. The van der Waals surface area contributed by atoms with Crippen LogP contribution >= 0.6 is 0 Å². The smallest absolute Gasteiger partial charge is 0.359 e. The Morgan fingerprint density at radius 2 is 1.87 bits per heavy atom. The Hall–Kier alpha value is -3.95. The molecule has 1 aromatic carbocycles. The van der Waals surface area contributed by atoms with Crippen molar-refractivity contribution in [3.8, 4) is 0 Å². The highest BCUT2D eigenvalue weighted by molar-refractivity contribution is 6.02. The van der Waals surface area contributed by atoms with Crippen LogP contribution in [0, 0.1) is 0 Å². The second-order valence-corrected chi connectivity index (χ2v) is 6.33. The number of carbonyl (C=O) groups is 3. The number of unbranched alkanes of at least 4 members (excludes halogenated alkanes) is 1. The third-order valence-corrected chi connectivity index (χ3v) is 4.18. The second-order valence-electron chi connectivity index (χ2n) is 6.33. The van der Waals surface area contributed by atoms with E-state index in [0.29, 0.717) is 17.3 Å². The van der Waals surface area contributed by atoms with Crippen molar-refractivity contribution in [3.05, 3.63) is 64.5 Å². The first-order chi connectivity index (χ1) is 14.5. The zero-order valence-electron chi connectivity index (χ0n) is 16.2. The highest BCUT2D eigenvalue weighted by Crippen LogP contribution is 2.14. The summed E-state index contributed by atoms with van der Waals surface area (Å²) in [7, 11) is 0. The molecule has 0 aliphatic heterocycles. The monoisotopic (exact) mass is 412 g/mol. The fraction of sp³-hybridized carbons (Fsp3) is 0.250. The van der Waals surface area contributed by atoms with Crippen LogP contribution in [-0.2, 0) is 16.1 Å². The number of rotatable bonds is 7. The molecule has 0 fully saturated rings. The minimum absolute atomic E-state index is 0.0114. The summed E-state index contributed by atoms with van der Waals surface area (Å²) < 4.78 is 11.1. The Balaban J connectivity index is 1.68. The summed E-state index contributed by atoms with van der Waals surface area (Å²) in [6.07, 6.45) is 2.89. The van der Waals surface area contributed by atoms with Crippen molar-refractivity contribution in [1.82, 2.24) is 20.6 Å². The number of carbonyl (C=O) groups excluding carboxylic acids is 3. The van der Waals surface area contributed by atoms with Gasteiger partial charge >= 0.3 is 11.9 Å². The van der Waals surface area contributed by atoms with E-state index >= 15 is 0 Å². The highest BCUT2D eigenvalue weighted by atomic mass is 16.5. The molecule has 0 bridgehead atoms. The van der Waals surface area contributed by atoms with E-state index in [1.165, 1.54) is 23.1 Å². The number of aromatic nitrogens is 2. The van der Waals surface area contributed by atoms with Gasteiger partial charge in [0.2, 0.25) is 0 Å². The van der Waals surface area contributed by atoms with Gasteiger partial charge in [-0.15, -0.1) is 0 Å². The van der Waals surface area contributed by atoms with Crippen molar-refractivity contribution >= 4 is 28.6 Å². The molecule has 10 heteroatoms. The van der Waals surface area contributed by atoms with Crippen molar-refractivity contribution in [2.45, 2.75) is 26.3 Å². The lowest BCUT2D eigenvalue weighted by atomic mass is 10.1. The largest absolute Gasteiger partial charge is 0.459 e. The zero-order chi connectivity index (χ0) is 21.5. The average molecular weight is 412 g/mol. The Kier molecular flexibility index (Phi) is 6.58. The second kappa shape index (κ2) is 9.50. The minimum atomic E-state index is -0.857. The number of fused-ring (bicyclic) bond motifs is 1. The van der Waals surface area contributed by atoms with Crippen molar-refractivity contribution < 1.29 is 23.5 Å². The van der Waals surface area contributed by atoms with E-state index in [0.717, 1.165) is 12.8 Å². The molecule has 156 valence electrons. The molecular weight excluding hydrogens is 392 g/mol. The lowest BCUT2D eigenvalue weighted by Gasteiger charge is -2.11. The number of ether oxygens (including phenoxy) is 1. The predicted molar refractivity (Wildman–Crippen MR) is 106 cm³/mol. The number of nitrogens with zero attached hydrogens (tertiary/aromatic N) is 2. The summed E-state index contributed by atoms with van der Waals surface area (Å²) in [5, 5.41) is 4.82. The molecule has 0 saturated heterocycles. The van der Waals surface area contributed by atoms with Crippen LogP contribution in [0.15, 0.2) is 51.9 Å². The third kappa shape index (κ3) is 4.72. The van der Waals surface area contributed by atoms with Crippen LogP contribution < -0.4 is 16.4 Å². The van der Waals surface area contributed by atoms with Gasteiger partial charge < -0.3 is 9.15 Å². The van der Waals surface area contributed by atoms with Crippen molar-refractivity contribution in [1.29, 1.82) is 0 Å². The molecule has 0 aliphatic rings. The maximum absolute atomic E-state index is 12.6. The number of aryl methyl sites for hydroxylation is 1. The van der Waals surface area contributed by atoms with Gasteiger partial charge in [-0.2, -0.15) is 5.10 Å². The summed E-state index contributed by atoms with van der Waals surface area (Å²) >= 11 is 0. The van der Waals surface area contributed by atoms with Gasteiger partial charge in [-0.1, -0.05) is 31.5 Å². The molecule has 2 N–H and O–H groups in total. The molecule has 30 heavy (non-hydrogen) atoms. The molecule has 0 spiro atoms. The fourth-order valence-corrected chi connectivity index (χ4v) is 2.68. The van der Waals surface area contributed by atoms with Gasteiger partial charge in [-0.05, 0) is 24.6 Å². The van der Waals surface area contributed by atoms with Crippen LogP contribution in [0.2, 0.25) is 0 Å². The zero-order valence-corrected chi connectivity index (χ0v) is 16.2. The molecule has 10 nitrogen and oxygen atoms in total. The first kappa shape index (κ1) is 20.8. The molecule has 2 amide bonds. The van der Waals surface area contributed by atoms with E-state index < -0.39 is 24.4 Å². The maximum Gasteiger partial charge on any atom is 0.359 e. The van der Waals surface area contributed by atoms with Gasteiger partial charge in [0, 0.05) is 11.9 Å². The maximum atomic E-state index is 12.6. The van der Waals surface area contributed by atoms with E-state index in [9.17, 15) is 19.2 Å². The number of amides is 2. The van der Waals surface area contributed by atoms with Crippen LogP contribution in [0.4, 0.5) is 0 Å². The third-order valence-electron chi connectivity index (χ3n) is 4.18. The van der Waals surface area contributed by atoms with E-state index in [1.807, 2.05) is 6.92 Å². The Morgan fingerprint density at radius 1 is 1.10 bits per heavy atom. The highest BCUT2D eigenvalue weighted by Gasteiger charge is 2.19. The summed E-state index contributed by atoms with van der Waals surface area (Å²) in [5.74, 6) is -2.26. The van der Waals surface area contributed by atoms with E-state index in [-0.39, 0.29) is 17.0 Å². The lowest BCUT2D eigenvalue weighted by molar-refractivity contribution is -0.125. The Labute approximate surface area is 170 Å². The normalized spacial score (nSPS) is 10.6. The van der Waals surface area contributed by atoms with Gasteiger partial charge in [0.15, 0.2) is 18.1 Å². The summed E-state index contributed by atoms with van der Waals surface area (Å²) in [5.41, 5.74) is 3.89. The molecule has 0 saturated carbocycles. The predicted octanol–water partition coefficient (Wildman–Crippen LogP) is 1.41. The number of hydrogen-bond donors (Lipinski definition) is 2. The summed E-state index contributed by atoms with van der Waals surface area (Å²) in [4.78, 5) is 48.7. The molecule has 0 unspecified atom stereocenters. The molecule has 3 rings (SSSR count). The molecule has 3 aromatic rings. The van der Waals surface area contributed by atoms with E-state index in [2.05, 4.69) is 16.0 Å². The average Bonchev–Trinajstić information content (AvgIpc) is 3.30. The van der Waals surface area contributed by atoms with Crippen molar-refractivity contribution in [2.75, 3.05) is 6.61 Å². The van der Waals surface area contributed by atoms with Gasteiger partial charge in [0.25, 0.3) is 11.5 Å². The van der Waals surface area contributed by atoms with Crippen LogP contribution in [0.3, 0.4) is 0 Å². The molecule has 0 atom stereocenters. The topological polar surface area (TPSA) is 133 Å². The Bertz CT molecular complexity index is 1120. The number of furan rings is 1. The molecule has 2 heterocycles. The Morgan fingerprint density at radius 3 is 2.57 bits per heavy atom. The van der Waals surface area contributed by atoms with Crippen molar-refractivity contribution in [2.24, 2.45) is 0 Å². The van der Waals surface area contributed by atoms with Gasteiger partial charge in [0.1, 0.15) is 0 Å². The first-order valence-electron chi connectivity index (χ1n) is 9.31. The molecule has 0 aliphatic carbocycles. The number of hydrazine groups is 1. The van der Waals surface area contributed by atoms with Crippen LogP contribution in [0.25, 0.3) is 10.8 Å². The van der Waals surface area contributed by atoms with Crippen LogP contribution in [0.1, 0.15) is 40.8 Å². The van der Waals surface area contributed by atoms with E-state index in [4.69, 9.17) is 9.15 Å². The van der Waals surface area contributed by atoms with Gasteiger partial charge in [0.05, 0.1) is 11.6 Å². The minimum Gasteiger partial charge on any atom is -0.459 e. The van der Waals surface area contributed by atoms with Gasteiger partial charge in [-0.25, -0.2) is 9.48 Å². The summed E-state index contributed by atoms with van der Waals surface area (Å²) in [6.45, 7) is 1.69. The first-order valence-corrected chi connectivity index (χ1v) is 9.31. The molecule has 2 aromatic heterocycles. The lowest BCUT2D eigenvalue weighted by Crippen LogP contribution is -2.43. The number of benzene rings is 1. The van der Waals surface area contributed by atoms with Crippen LogP contribution in [-0.4, -0.2) is 34.2 Å². The number of nitrogens with one attached hydrogen (secondary N) is 2. The van der Waals surface area contributed by atoms with Gasteiger partial charge in [-0.3, -0.25) is 25.2 Å². The molecule has 0 radical (unpaired) electrons. The summed E-state index contributed by atoms with van der Waals surface area (Å²) in [6, 6.07) is 9.51. The molecular formula is C20H20N4O6. The SMILES string of the molecule is CCCCn1nc(C(=O)OCC(=O)NNC(=O)c2ccco2)c2ccccc2c1=O.